The lowest BCUT2D eigenvalue weighted by molar-refractivity contribution is -0.141. The third kappa shape index (κ3) is 7.86. The maximum Gasteiger partial charge on any atom is 0.410 e. The minimum Gasteiger partial charge on any atom is -0.444 e. The molecule has 3 N–H and O–H groups in total. The molecule has 0 radical (unpaired) electrons. The zero-order valence-corrected chi connectivity index (χ0v) is 29.2. The van der Waals surface area contributed by atoms with Crippen LogP contribution in [0.4, 0.5) is 9.59 Å². The number of carbonyl (C=O) groups excluding carboxylic acids is 5. The normalized spacial score (nSPS) is 31.6. The second kappa shape index (κ2) is 14.4. The lowest BCUT2D eigenvalue weighted by Gasteiger charge is -2.30. The van der Waals surface area contributed by atoms with Gasteiger partial charge in [-0.2, -0.15) is 0 Å². The average molecular weight is 728 g/mol. The van der Waals surface area contributed by atoms with Gasteiger partial charge in [-0.3, -0.25) is 24.0 Å². The van der Waals surface area contributed by atoms with Crippen molar-refractivity contribution in [2.75, 3.05) is 19.8 Å². The van der Waals surface area contributed by atoms with Crippen molar-refractivity contribution in [3.8, 4) is 0 Å². The Kier molecular flexibility index (Phi) is 9.98. The third-order valence-corrected chi connectivity index (χ3v) is 12.5. The summed E-state index contributed by atoms with van der Waals surface area (Å²) in [4.78, 5) is 71.3. The van der Waals surface area contributed by atoms with Crippen molar-refractivity contribution in [1.29, 1.82) is 0 Å². The van der Waals surface area contributed by atoms with Gasteiger partial charge in [-0.05, 0) is 49.7 Å². The number of amides is 5. The number of hydrogen-bond donors (Lipinski definition) is 3. The number of hydrogen-bond acceptors (Lipinski definition) is 10. The first kappa shape index (κ1) is 35.2. The first-order valence-electron chi connectivity index (χ1n) is 17.9. The molecule has 51 heavy (non-hydrogen) atoms. The Hall–Kier alpha value is -4.18. The second-order valence-electron chi connectivity index (χ2n) is 14.5. The van der Waals surface area contributed by atoms with Crippen molar-refractivity contribution < 1.29 is 46.6 Å². The summed E-state index contributed by atoms with van der Waals surface area (Å²) in [6, 6.07) is 5.48. The van der Waals surface area contributed by atoms with Crippen LogP contribution < -0.4 is 15.4 Å². The van der Waals surface area contributed by atoms with Gasteiger partial charge in [-0.25, -0.2) is 18.0 Å². The Morgan fingerprint density at radius 3 is 2.43 bits per heavy atom. The highest BCUT2D eigenvalue weighted by atomic mass is 32.2. The predicted octanol–water partition coefficient (Wildman–Crippen LogP) is 2.00. The van der Waals surface area contributed by atoms with Crippen molar-refractivity contribution in [1.82, 2.24) is 25.2 Å². The number of ether oxygens (including phenoxy) is 3. The van der Waals surface area contributed by atoms with Gasteiger partial charge in [0.05, 0.1) is 25.0 Å². The number of sulfonamides is 1. The van der Waals surface area contributed by atoms with Crippen LogP contribution in [-0.2, 0) is 51.7 Å². The Bertz CT molecular complexity index is 1670. The van der Waals surface area contributed by atoms with Crippen LogP contribution >= 0.6 is 0 Å². The van der Waals surface area contributed by atoms with Crippen LogP contribution in [0.3, 0.4) is 0 Å². The van der Waals surface area contributed by atoms with E-state index < -0.39 is 80.9 Å². The number of rotatable bonds is 6. The number of benzene rings is 1. The topological polar surface area (TPSA) is 190 Å². The highest BCUT2D eigenvalue weighted by molar-refractivity contribution is 7.91. The van der Waals surface area contributed by atoms with Gasteiger partial charge in [0.15, 0.2) is 0 Å². The Morgan fingerprint density at radius 2 is 1.73 bits per heavy atom. The largest absolute Gasteiger partial charge is 0.444 e. The molecular weight excluding hydrogens is 682 g/mol. The smallest absolute Gasteiger partial charge is 0.410 e. The summed E-state index contributed by atoms with van der Waals surface area (Å²) >= 11 is 0. The summed E-state index contributed by atoms with van der Waals surface area (Å²) in [5, 5.41) is 4.89. The van der Waals surface area contributed by atoms with Gasteiger partial charge in [0.1, 0.15) is 29.8 Å². The van der Waals surface area contributed by atoms with E-state index in [1.165, 1.54) is 4.90 Å². The summed E-state index contributed by atoms with van der Waals surface area (Å²) in [6.07, 6.45) is 5.82. The molecule has 1 aromatic carbocycles. The standard InChI is InChI=1S/C35H45N5O10S/c41-30-29-16-26(50-34(45)39-18-22-8-6-7-9-23(22)19-39)20-40(29)31(42)28(36-33(44)49-25-14-15-48-21-25)11-5-3-1-2-4-10-24-17-35(24,37-30)32(43)38-51(46,47)27-12-13-27/h4,6-10,24-29H,1-3,5,11-21H2,(H,36,44)(H,37,41)(H,38,43)/b10-4-/t24-,25+,26-,28+,29?,35-/m1/s1. The summed E-state index contributed by atoms with van der Waals surface area (Å²) in [5.41, 5.74) is 0.493. The first-order chi connectivity index (χ1) is 24.5. The SMILES string of the molecule is O=C(N[C@H]1CCCCC/C=C\[C@@H]2C[C@@]2(C(=O)NS(=O)(=O)C2CC2)NC(=O)C2C[C@@H](OC(=O)N3Cc4ccccc4C3)CN2C1=O)O[C@H]1CCOC1. The maximum absolute atomic E-state index is 14.3. The van der Waals surface area contributed by atoms with Crippen molar-refractivity contribution in [3.05, 3.63) is 47.5 Å². The minimum atomic E-state index is -3.90. The van der Waals surface area contributed by atoms with E-state index in [1.54, 1.807) is 4.90 Å². The number of alkyl carbamates (subject to hydrolysis) is 1. The van der Waals surface area contributed by atoms with Crippen molar-refractivity contribution in [2.24, 2.45) is 5.92 Å². The van der Waals surface area contributed by atoms with Crippen LogP contribution in [-0.4, -0.2) is 103 Å². The van der Waals surface area contributed by atoms with E-state index in [-0.39, 0.29) is 32.4 Å². The van der Waals surface area contributed by atoms with Gasteiger partial charge in [0.25, 0.3) is 5.91 Å². The fourth-order valence-corrected chi connectivity index (χ4v) is 8.82. The van der Waals surface area contributed by atoms with Gasteiger partial charge >= 0.3 is 12.2 Å². The van der Waals surface area contributed by atoms with E-state index >= 15 is 0 Å². The van der Waals surface area contributed by atoms with Gasteiger partial charge < -0.3 is 29.7 Å². The number of allylic oxidation sites excluding steroid dienone is 1. The van der Waals surface area contributed by atoms with Crippen molar-refractivity contribution >= 4 is 39.9 Å². The molecule has 6 aliphatic rings. The minimum absolute atomic E-state index is 0.0563. The molecule has 4 aliphatic heterocycles. The molecule has 5 amide bonds. The van der Waals surface area contributed by atoms with Crippen LogP contribution in [0.25, 0.3) is 0 Å². The fraction of sp³-hybridized carbons (Fsp3) is 0.629. The Balaban J connectivity index is 1.12. The lowest BCUT2D eigenvalue weighted by Crippen LogP contribution is -2.58. The molecule has 0 bridgehead atoms. The van der Waals surface area contributed by atoms with Crippen LogP contribution in [0.15, 0.2) is 36.4 Å². The molecule has 16 heteroatoms. The van der Waals surface area contributed by atoms with Crippen LogP contribution in [0.2, 0.25) is 0 Å². The van der Waals surface area contributed by atoms with Gasteiger partial charge in [-0.15, -0.1) is 0 Å². The van der Waals surface area contributed by atoms with Crippen LogP contribution in [0.5, 0.6) is 0 Å². The zero-order chi connectivity index (χ0) is 35.8. The molecule has 15 nitrogen and oxygen atoms in total. The Labute approximate surface area is 296 Å². The van der Waals surface area contributed by atoms with Gasteiger partial charge in [0, 0.05) is 31.8 Å². The fourth-order valence-electron chi connectivity index (χ4n) is 7.46. The number of fused-ring (bicyclic) bond motifs is 3. The molecule has 4 heterocycles. The highest BCUT2D eigenvalue weighted by Gasteiger charge is 2.62. The van der Waals surface area contributed by atoms with E-state index in [0.717, 1.165) is 24.0 Å². The molecule has 2 saturated carbocycles. The quantitative estimate of drug-likeness (QED) is 0.366. The molecule has 7 rings (SSSR count). The van der Waals surface area contributed by atoms with E-state index in [1.807, 2.05) is 36.4 Å². The summed E-state index contributed by atoms with van der Waals surface area (Å²) in [6.45, 7) is 1.35. The Morgan fingerprint density at radius 1 is 0.961 bits per heavy atom. The molecule has 1 aromatic rings. The third-order valence-electron chi connectivity index (χ3n) is 10.7. The van der Waals surface area contributed by atoms with E-state index in [0.29, 0.717) is 51.8 Å². The molecule has 4 fully saturated rings. The summed E-state index contributed by atoms with van der Waals surface area (Å²) in [5.74, 6) is -2.48. The molecular formula is C35H45N5O10S. The first-order valence-corrected chi connectivity index (χ1v) is 19.5. The van der Waals surface area contributed by atoms with Crippen molar-refractivity contribution in [2.45, 2.75) is 112 Å². The van der Waals surface area contributed by atoms with Gasteiger partial charge in [-0.1, -0.05) is 49.3 Å². The molecule has 0 aromatic heterocycles. The van der Waals surface area contributed by atoms with Crippen LogP contribution in [0.1, 0.15) is 75.3 Å². The monoisotopic (exact) mass is 727 g/mol. The summed E-state index contributed by atoms with van der Waals surface area (Å²) < 4.78 is 44.4. The number of carbonyl (C=O) groups is 5. The average Bonchev–Trinajstić information content (AvgIpc) is 3.88. The van der Waals surface area contributed by atoms with Crippen molar-refractivity contribution in [3.63, 3.8) is 0 Å². The second-order valence-corrected chi connectivity index (χ2v) is 16.4. The highest BCUT2D eigenvalue weighted by Crippen LogP contribution is 2.46. The molecule has 2 saturated heterocycles. The van der Waals surface area contributed by atoms with E-state index in [9.17, 15) is 32.4 Å². The molecule has 2 aliphatic carbocycles. The zero-order valence-electron chi connectivity index (χ0n) is 28.4. The maximum atomic E-state index is 14.3. The molecule has 6 atom stereocenters. The number of nitrogens with one attached hydrogen (secondary N) is 3. The number of nitrogens with zero attached hydrogens (tertiary/aromatic N) is 2. The van der Waals surface area contributed by atoms with E-state index in [4.69, 9.17) is 14.2 Å². The molecule has 0 spiro atoms. The van der Waals surface area contributed by atoms with Gasteiger partial charge in [0.2, 0.25) is 21.8 Å². The summed E-state index contributed by atoms with van der Waals surface area (Å²) in [7, 11) is -3.90. The molecule has 276 valence electrons. The molecule has 1 unspecified atom stereocenters. The lowest BCUT2D eigenvalue weighted by atomic mass is 10.0. The van der Waals surface area contributed by atoms with E-state index in [2.05, 4.69) is 15.4 Å². The predicted molar refractivity (Wildman–Crippen MR) is 180 cm³/mol. The van der Waals surface area contributed by atoms with Crippen LogP contribution in [0, 0.1) is 5.92 Å².